The minimum atomic E-state index is -4.61. The maximum atomic E-state index is 13.3. The summed E-state index contributed by atoms with van der Waals surface area (Å²) in [6.07, 6.45) is -3.42. The van der Waals surface area contributed by atoms with Crippen LogP contribution in [-0.4, -0.2) is 40.2 Å². The van der Waals surface area contributed by atoms with Gasteiger partial charge in [0.15, 0.2) is 11.6 Å². The summed E-state index contributed by atoms with van der Waals surface area (Å²) in [5.74, 6) is -7.14. The minimum Gasteiger partial charge on any atom is -0.481 e. The van der Waals surface area contributed by atoms with E-state index in [4.69, 9.17) is 9.52 Å². The fraction of sp³-hybridized carbons (Fsp3) is 0.375. The molecule has 0 unspecified atom stereocenters. The zero-order valence-corrected chi connectivity index (χ0v) is 13.1. The number of aliphatic carboxylic acids is 1. The van der Waals surface area contributed by atoms with E-state index < -0.39 is 42.2 Å². The van der Waals surface area contributed by atoms with Gasteiger partial charge in [0.1, 0.15) is 6.26 Å². The van der Waals surface area contributed by atoms with E-state index in [0.717, 1.165) is 12.1 Å². The summed E-state index contributed by atoms with van der Waals surface area (Å²) in [6, 6.07) is 3.05. The predicted molar refractivity (Wildman–Crippen MR) is 77.8 cm³/mol. The van der Waals surface area contributed by atoms with Gasteiger partial charge in [0.25, 0.3) is 0 Å². The number of benzene rings is 1. The monoisotopic (exact) mass is 376 g/mol. The Balaban J connectivity index is 1.73. The van der Waals surface area contributed by atoms with Crippen molar-refractivity contribution in [3.63, 3.8) is 0 Å². The summed E-state index contributed by atoms with van der Waals surface area (Å²) in [5.41, 5.74) is 0.435. The Bertz CT molecular complexity index is 820. The van der Waals surface area contributed by atoms with E-state index in [0.29, 0.717) is 0 Å². The number of alkyl halides is 3. The molecule has 0 amide bonds. The number of carboxylic acids is 1. The van der Waals surface area contributed by atoms with Gasteiger partial charge in [-0.05, 0) is 18.2 Å². The van der Waals surface area contributed by atoms with E-state index in [1.165, 1.54) is 17.2 Å². The second kappa shape index (κ2) is 6.67. The number of nitrogens with zero attached hydrogens (tertiary/aromatic N) is 2. The van der Waals surface area contributed by atoms with Crippen LogP contribution >= 0.6 is 0 Å². The highest BCUT2D eigenvalue weighted by Crippen LogP contribution is 2.38. The Morgan fingerprint density at radius 3 is 2.58 bits per heavy atom. The van der Waals surface area contributed by atoms with Gasteiger partial charge in [-0.3, -0.25) is 9.69 Å². The number of oxazole rings is 1. The lowest BCUT2D eigenvalue weighted by Gasteiger charge is -2.18. The second-order valence-corrected chi connectivity index (χ2v) is 6.06. The van der Waals surface area contributed by atoms with Crippen molar-refractivity contribution in [1.82, 2.24) is 9.88 Å². The molecule has 1 aromatic carbocycles. The molecule has 5 nitrogen and oxygen atoms in total. The number of carbonyl (C=O) groups is 1. The van der Waals surface area contributed by atoms with Gasteiger partial charge in [0, 0.05) is 25.2 Å². The molecule has 2 heterocycles. The maximum Gasteiger partial charge on any atom is 0.393 e. The highest BCUT2D eigenvalue weighted by Gasteiger charge is 2.52. The number of hydrogen-bond donors (Lipinski definition) is 1. The summed E-state index contributed by atoms with van der Waals surface area (Å²) in [7, 11) is 0. The van der Waals surface area contributed by atoms with Gasteiger partial charge in [0.05, 0.1) is 17.5 Å². The number of rotatable bonds is 4. The topological polar surface area (TPSA) is 66.6 Å². The molecule has 1 saturated heterocycles. The van der Waals surface area contributed by atoms with E-state index in [2.05, 4.69) is 4.98 Å². The highest BCUT2D eigenvalue weighted by molar-refractivity contribution is 5.71. The largest absolute Gasteiger partial charge is 0.481 e. The van der Waals surface area contributed by atoms with Crippen molar-refractivity contribution in [1.29, 1.82) is 0 Å². The van der Waals surface area contributed by atoms with E-state index in [-0.39, 0.29) is 30.2 Å². The third-order valence-corrected chi connectivity index (χ3v) is 4.24. The van der Waals surface area contributed by atoms with Crippen LogP contribution in [0.4, 0.5) is 22.0 Å². The molecule has 1 aliphatic rings. The maximum absolute atomic E-state index is 13.3. The lowest BCUT2D eigenvalue weighted by Crippen LogP contribution is -2.33. The van der Waals surface area contributed by atoms with Crippen LogP contribution in [0.15, 0.2) is 28.9 Å². The molecule has 2 atom stereocenters. The van der Waals surface area contributed by atoms with Crippen LogP contribution in [0.25, 0.3) is 11.5 Å². The Morgan fingerprint density at radius 2 is 2.00 bits per heavy atom. The molecule has 1 aliphatic heterocycles. The first-order chi connectivity index (χ1) is 12.1. The molecule has 0 saturated carbocycles. The average Bonchev–Trinajstić information content (AvgIpc) is 3.17. The molecule has 0 aliphatic carbocycles. The van der Waals surface area contributed by atoms with Crippen LogP contribution in [-0.2, 0) is 11.3 Å². The van der Waals surface area contributed by atoms with Crippen molar-refractivity contribution in [2.24, 2.45) is 11.8 Å². The van der Waals surface area contributed by atoms with Gasteiger partial charge in [-0.25, -0.2) is 13.8 Å². The Hall–Kier alpha value is -2.49. The molecule has 1 N–H and O–H groups in total. The molecule has 140 valence electrons. The summed E-state index contributed by atoms with van der Waals surface area (Å²) in [6.45, 7) is -0.787. The molecular weight excluding hydrogens is 363 g/mol. The summed E-state index contributed by atoms with van der Waals surface area (Å²) >= 11 is 0. The lowest BCUT2D eigenvalue weighted by molar-refractivity contribution is -0.188. The van der Waals surface area contributed by atoms with Crippen LogP contribution in [0.5, 0.6) is 0 Å². The molecule has 1 fully saturated rings. The van der Waals surface area contributed by atoms with Crippen molar-refractivity contribution in [2.45, 2.75) is 12.7 Å². The van der Waals surface area contributed by atoms with Gasteiger partial charge in [-0.1, -0.05) is 0 Å². The number of likely N-dealkylation sites (tertiary alicyclic amines) is 1. The smallest absolute Gasteiger partial charge is 0.393 e. The number of hydrogen-bond acceptors (Lipinski definition) is 4. The standard InChI is InChI=1S/C16H13F5N2O3/c17-12-2-1-8(3-13(12)18)14-22-9(7-26-14)4-23-5-10(15(24)25)11(6-23)16(19,20)21/h1-3,7,10-11H,4-6H2,(H,24,25)/t10-,11-/m1/s1. The molecule has 0 bridgehead atoms. The first kappa shape index (κ1) is 18.3. The summed E-state index contributed by atoms with van der Waals surface area (Å²) in [5, 5.41) is 9.01. The average molecular weight is 376 g/mol. The van der Waals surface area contributed by atoms with E-state index in [9.17, 15) is 26.7 Å². The molecule has 0 spiro atoms. The minimum absolute atomic E-state index is 0.0137. The van der Waals surface area contributed by atoms with Crippen molar-refractivity contribution < 1.29 is 36.3 Å². The molecule has 10 heteroatoms. The van der Waals surface area contributed by atoms with Crippen molar-refractivity contribution in [3.8, 4) is 11.5 Å². The molecule has 1 aromatic heterocycles. The Labute approximate surface area is 144 Å². The van der Waals surface area contributed by atoms with E-state index in [1.807, 2.05) is 0 Å². The normalized spacial score (nSPS) is 21.3. The van der Waals surface area contributed by atoms with Crippen LogP contribution < -0.4 is 0 Å². The number of carboxylic acid groups (broad SMARTS) is 1. The molecule has 3 rings (SSSR count). The third kappa shape index (κ3) is 3.69. The Morgan fingerprint density at radius 1 is 1.27 bits per heavy atom. The van der Waals surface area contributed by atoms with Crippen LogP contribution in [0.3, 0.4) is 0 Å². The van der Waals surface area contributed by atoms with Gasteiger partial charge >= 0.3 is 12.1 Å². The third-order valence-electron chi connectivity index (χ3n) is 4.24. The zero-order valence-electron chi connectivity index (χ0n) is 13.1. The van der Waals surface area contributed by atoms with Crippen LogP contribution in [0.2, 0.25) is 0 Å². The van der Waals surface area contributed by atoms with Gasteiger partial charge < -0.3 is 9.52 Å². The van der Waals surface area contributed by atoms with Crippen molar-refractivity contribution >= 4 is 5.97 Å². The molecular formula is C16H13F5N2O3. The van der Waals surface area contributed by atoms with Gasteiger partial charge in [-0.15, -0.1) is 0 Å². The van der Waals surface area contributed by atoms with Gasteiger partial charge in [0.2, 0.25) is 5.89 Å². The first-order valence-electron chi connectivity index (χ1n) is 7.57. The molecule has 2 aromatic rings. The SMILES string of the molecule is O=C(O)[C@@H]1CN(Cc2coc(-c3ccc(F)c(F)c3)n2)C[C@H]1C(F)(F)F. The summed E-state index contributed by atoms with van der Waals surface area (Å²) < 4.78 is 70.3. The van der Waals surface area contributed by atoms with Crippen molar-refractivity contribution in [2.75, 3.05) is 13.1 Å². The van der Waals surface area contributed by atoms with Crippen LogP contribution in [0, 0.1) is 23.5 Å². The van der Waals surface area contributed by atoms with Gasteiger partial charge in [-0.2, -0.15) is 13.2 Å². The molecule has 26 heavy (non-hydrogen) atoms. The highest BCUT2D eigenvalue weighted by atomic mass is 19.4. The quantitative estimate of drug-likeness (QED) is 0.830. The Kier molecular flexibility index (Phi) is 4.70. The van der Waals surface area contributed by atoms with E-state index in [1.54, 1.807) is 0 Å². The predicted octanol–water partition coefficient (Wildman–Crippen LogP) is 3.31. The first-order valence-corrected chi connectivity index (χ1v) is 7.57. The number of aromatic nitrogens is 1. The van der Waals surface area contributed by atoms with Crippen molar-refractivity contribution in [3.05, 3.63) is 41.8 Å². The molecule has 0 radical (unpaired) electrons. The second-order valence-electron chi connectivity index (χ2n) is 6.06. The van der Waals surface area contributed by atoms with E-state index >= 15 is 0 Å². The lowest BCUT2D eigenvalue weighted by atomic mass is 9.96. The summed E-state index contributed by atoms with van der Waals surface area (Å²) in [4.78, 5) is 16.4. The fourth-order valence-corrected chi connectivity index (χ4v) is 2.97. The fourth-order valence-electron chi connectivity index (χ4n) is 2.97. The number of halogens is 5. The zero-order chi connectivity index (χ0) is 19.1. The van der Waals surface area contributed by atoms with Crippen LogP contribution in [0.1, 0.15) is 5.69 Å².